The van der Waals surface area contributed by atoms with Crippen molar-refractivity contribution in [2.75, 3.05) is 6.54 Å². The molecule has 0 radical (unpaired) electrons. The van der Waals surface area contributed by atoms with Crippen molar-refractivity contribution in [3.05, 3.63) is 29.3 Å². The third-order valence-electron chi connectivity index (χ3n) is 5.70. The van der Waals surface area contributed by atoms with Gasteiger partial charge in [-0.15, -0.1) is 0 Å². The van der Waals surface area contributed by atoms with Crippen molar-refractivity contribution in [3.63, 3.8) is 0 Å². The fourth-order valence-electron chi connectivity index (χ4n) is 3.57. The lowest BCUT2D eigenvalue weighted by Crippen LogP contribution is -2.41. The summed E-state index contributed by atoms with van der Waals surface area (Å²) in [6.07, 6.45) is -0.143. The summed E-state index contributed by atoms with van der Waals surface area (Å²) in [6, 6.07) is 6.40. The van der Waals surface area contributed by atoms with Gasteiger partial charge in [-0.25, -0.2) is 0 Å². The summed E-state index contributed by atoms with van der Waals surface area (Å²) in [6.45, 7) is 11.5. The van der Waals surface area contributed by atoms with Crippen LogP contribution >= 0.6 is 0 Å². The highest BCUT2D eigenvalue weighted by Gasteiger charge is 2.53. The topological polar surface area (TPSA) is 54.5 Å². The highest BCUT2D eigenvalue weighted by Crippen LogP contribution is 2.47. The van der Waals surface area contributed by atoms with Crippen molar-refractivity contribution in [3.8, 4) is 0 Å². The van der Waals surface area contributed by atoms with Gasteiger partial charge in [-0.05, 0) is 51.2 Å². The van der Waals surface area contributed by atoms with Gasteiger partial charge in [0, 0.05) is 13.1 Å². The zero-order valence-corrected chi connectivity index (χ0v) is 15.1. The molecule has 1 aromatic rings. The monoisotopic (exact) mass is 331 g/mol. The third-order valence-corrected chi connectivity index (χ3v) is 5.70. The molecule has 0 bridgehead atoms. The van der Waals surface area contributed by atoms with Gasteiger partial charge in [-0.3, -0.25) is 4.90 Å². The Labute approximate surface area is 144 Å². The van der Waals surface area contributed by atoms with Crippen LogP contribution in [0.3, 0.4) is 0 Å². The first-order chi connectivity index (χ1) is 11.2. The number of benzene rings is 1. The molecule has 24 heavy (non-hydrogen) atoms. The number of ether oxygens (including phenoxy) is 1. The van der Waals surface area contributed by atoms with Crippen LogP contribution in [0, 0.1) is 0 Å². The van der Waals surface area contributed by atoms with E-state index in [1.165, 1.54) is 11.1 Å². The van der Waals surface area contributed by atoms with Crippen LogP contribution in [0.2, 0.25) is 0 Å². The number of hydrogen-bond acceptors (Lipinski definition) is 5. The molecule has 0 aromatic heterocycles. The molecule has 0 saturated carbocycles. The Balaban J connectivity index is 1.57. The molecule has 3 atom stereocenters. The fraction of sp³-hybridized carbons (Fsp3) is 0.667. The van der Waals surface area contributed by atoms with E-state index < -0.39 is 0 Å². The first-order valence-corrected chi connectivity index (χ1v) is 8.74. The van der Waals surface area contributed by atoms with Crippen molar-refractivity contribution in [1.29, 1.82) is 0 Å². The Morgan fingerprint density at radius 3 is 2.54 bits per heavy atom. The zero-order valence-electron chi connectivity index (χ0n) is 15.1. The quantitative estimate of drug-likeness (QED) is 0.673. The van der Waals surface area contributed by atoms with E-state index in [0.717, 1.165) is 12.0 Å². The van der Waals surface area contributed by atoms with E-state index in [4.69, 9.17) is 14.0 Å². The second-order valence-corrected chi connectivity index (χ2v) is 8.27. The maximum atomic E-state index is 9.64. The van der Waals surface area contributed by atoms with Gasteiger partial charge < -0.3 is 19.2 Å². The highest BCUT2D eigenvalue weighted by molar-refractivity contribution is 6.62. The van der Waals surface area contributed by atoms with E-state index in [-0.39, 0.29) is 36.8 Å². The molecule has 3 aliphatic rings. The number of fused-ring (bicyclic) bond motifs is 3. The van der Waals surface area contributed by atoms with Crippen molar-refractivity contribution in [1.82, 2.24) is 4.90 Å². The van der Waals surface area contributed by atoms with E-state index in [1.807, 2.05) is 6.92 Å². The summed E-state index contributed by atoms with van der Waals surface area (Å²) in [5.74, 6) is 0. The molecule has 0 spiro atoms. The molecule has 3 unspecified atom stereocenters. The minimum atomic E-state index is -0.347. The highest BCUT2D eigenvalue weighted by atomic mass is 16.7. The van der Waals surface area contributed by atoms with E-state index >= 15 is 0 Å². The van der Waals surface area contributed by atoms with Gasteiger partial charge in [0.1, 0.15) is 12.3 Å². The number of β-amino-alcohol motifs (C(OH)–C–C–N with tert-alkyl or cyclic N) is 1. The van der Waals surface area contributed by atoms with Crippen LogP contribution in [0.15, 0.2) is 18.2 Å². The Morgan fingerprint density at radius 2 is 1.92 bits per heavy atom. The summed E-state index contributed by atoms with van der Waals surface area (Å²) >= 11 is 0. The van der Waals surface area contributed by atoms with E-state index in [2.05, 4.69) is 50.8 Å². The summed E-state index contributed by atoms with van der Waals surface area (Å²) in [5, 5.41) is 9.64. The van der Waals surface area contributed by atoms with Gasteiger partial charge in [-0.1, -0.05) is 18.2 Å². The summed E-state index contributed by atoms with van der Waals surface area (Å²) in [7, 11) is -0.340. The molecule has 6 heteroatoms. The Morgan fingerprint density at radius 1 is 1.25 bits per heavy atom. The lowest BCUT2D eigenvalue weighted by Gasteiger charge is -2.32. The van der Waals surface area contributed by atoms with E-state index in [1.54, 1.807) is 0 Å². The molecule has 4 rings (SSSR count). The predicted molar refractivity (Wildman–Crippen MR) is 91.9 cm³/mol. The van der Waals surface area contributed by atoms with Gasteiger partial charge in [0.25, 0.3) is 0 Å². The molecule has 2 fully saturated rings. The third kappa shape index (κ3) is 2.61. The molecule has 1 aromatic carbocycles. The van der Waals surface area contributed by atoms with Gasteiger partial charge in [0.2, 0.25) is 0 Å². The summed E-state index contributed by atoms with van der Waals surface area (Å²) in [5.41, 5.74) is 2.87. The smallest absolute Gasteiger partial charge is 0.399 e. The molecular weight excluding hydrogens is 305 g/mol. The molecule has 5 nitrogen and oxygen atoms in total. The molecule has 2 saturated heterocycles. The van der Waals surface area contributed by atoms with Crippen LogP contribution in [-0.2, 0) is 20.6 Å². The Bertz CT molecular complexity index is 644. The normalized spacial score (nSPS) is 31.5. The lowest BCUT2D eigenvalue weighted by molar-refractivity contribution is 0.00578. The molecule has 1 N–H and O–H groups in total. The number of aliphatic hydroxyl groups excluding tert-OH is 1. The molecular formula is C18H26BNO4. The van der Waals surface area contributed by atoms with Crippen LogP contribution in [0.5, 0.6) is 0 Å². The number of hydrogen-bond donors (Lipinski definition) is 1. The number of aliphatic hydroxyl groups is 1. The Hall–Kier alpha value is -0.915. The van der Waals surface area contributed by atoms with Crippen molar-refractivity contribution < 1.29 is 19.2 Å². The number of epoxide rings is 1. The van der Waals surface area contributed by atoms with E-state index in [0.29, 0.717) is 6.54 Å². The van der Waals surface area contributed by atoms with Crippen LogP contribution in [0.1, 0.15) is 51.8 Å². The molecule has 3 aliphatic heterocycles. The molecule has 130 valence electrons. The molecule has 0 aliphatic carbocycles. The SMILES string of the molecule is CC(O)CN1Cc2ccc(B3OC(C)(C)C(C)(C)O3)cc2C2OC21. The largest absolute Gasteiger partial charge is 0.494 e. The van der Waals surface area contributed by atoms with Gasteiger partial charge >= 0.3 is 7.12 Å². The van der Waals surface area contributed by atoms with Gasteiger partial charge in [0.15, 0.2) is 0 Å². The maximum Gasteiger partial charge on any atom is 0.494 e. The van der Waals surface area contributed by atoms with Crippen LogP contribution in [0.25, 0.3) is 0 Å². The lowest BCUT2D eigenvalue weighted by atomic mass is 9.77. The van der Waals surface area contributed by atoms with Crippen LogP contribution in [-0.4, -0.2) is 47.2 Å². The molecule has 3 heterocycles. The maximum absolute atomic E-state index is 9.64. The minimum Gasteiger partial charge on any atom is -0.399 e. The minimum absolute atomic E-state index is 0.0978. The van der Waals surface area contributed by atoms with Crippen LogP contribution in [0.4, 0.5) is 0 Å². The first-order valence-electron chi connectivity index (χ1n) is 8.74. The number of nitrogens with zero attached hydrogens (tertiary/aromatic N) is 1. The fourth-order valence-corrected chi connectivity index (χ4v) is 3.57. The van der Waals surface area contributed by atoms with Crippen molar-refractivity contribution in [2.45, 2.75) is 70.8 Å². The second-order valence-electron chi connectivity index (χ2n) is 8.27. The Kier molecular flexibility index (Phi) is 3.65. The second kappa shape index (κ2) is 5.29. The van der Waals surface area contributed by atoms with Crippen molar-refractivity contribution >= 4 is 12.6 Å². The molecule has 0 amide bonds. The van der Waals surface area contributed by atoms with Crippen LogP contribution < -0.4 is 5.46 Å². The van der Waals surface area contributed by atoms with Gasteiger partial charge in [-0.2, -0.15) is 0 Å². The van der Waals surface area contributed by atoms with Crippen molar-refractivity contribution in [2.24, 2.45) is 0 Å². The van der Waals surface area contributed by atoms with Gasteiger partial charge in [0.05, 0.1) is 17.3 Å². The summed E-state index contributed by atoms with van der Waals surface area (Å²) in [4.78, 5) is 2.20. The predicted octanol–water partition coefficient (Wildman–Crippen LogP) is 1.58. The van der Waals surface area contributed by atoms with E-state index in [9.17, 15) is 5.11 Å². The first kappa shape index (κ1) is 16.5. The summed E-state index contributed by atoms with van der Waals surface area (Å²) < 4.78 is 18.2. The average molecular weight is 331 g/mol. The zero-order chi connectivity index (χ0) is 17.3. The standard InChI is InChI=1S/C18H26BNO4/c1-11(21)9-20-10-12-6-7-13(8-14(12)15-16(20)22-15)19-23-17(2,3)18(4,5)24-19/h6-8,11,15-16,21H,9-10H2,1-5H3. The average Bonchev–Trinajstić information content (AvgIpc) is 3.22. The number of rotatable bonds is 3.